The predicted octanol–water partition coefficient (Wildman–Crippen LogP) is 1.82. The monoisotopic (exact) mass is 356 g/mol. The molecule has 0 radical (unpaired) electrons. The number of aromatic nitrogens is 2. The van der Waals surface area contributed by atoms with Gasteiger partial charge < -0.3 is 14.5 Å². The number of nitrogens with zero attached hydrogens (tertiary/aromatic N) is 4. The number of hydrogen-bond acceptors (Lipinski definition) is 4. The molecule has 138 valence electrons. The molecule has 0 N–H and O–H groups in total. The zero-order valence-electron chi connectivity index (χ0n) is 15.4. The Kier molecular flexibility index (Phi) is 5.25. The van der Waals surface area contributed by atoms with E-state index < -0.39 is 0 Å². The van der Waals surface area contributed by atoms with Gasteiger partial charge in [0, 0.05) is 44.0 Å². The summed E-state index contributed by atoms with van der Waals surface area (Å²) in [5.41, 5.74) is 2.04. The number of ether oxygens (including phenoxy) is 1. The number of piperazine rings is 1. The number of hydrogen-bond donors (Lipinski definition) is 0. The molecular weight excluding hydrogens is 332 g/mol. The van der Waals surface area contributed by atoms with Gasteiger partial charge in [0.15, 0.2) is 5.69 Å². The van der Waals surface area contributed by atoms with Gasteiger partial charge in [0.05, 0.1) is 7.11 Å². The van der Waals surface area contributed by atoms with Crippen LogP contribution >= 0.6 is 0 Å². The minimum atomic E-state index is -0.0752. The molecule has 1 fully saturated rings. The summed E-state index contributed by atoms with van der Waals surface area (Å²) in [5, 5.41) is 4.36. The Hall–Kier alpha value is -2.83. The molecule has 0 unspecified atom stereocenters. The average Bonchev–Trinajstić information content (AvgIpc) is 3.07. The quantitative estimate of drug-likeness (QED) is 0.838. The SMILES string of the molecule is CCn1nc(C(=O)N2CCN(C(=O)c3cccc(OC)c3)CC2)cc1C. The van der Waals surface area contributed by atoms with Crippen molar-refractivity contribution in [3.63, 3.8) is 0 Å². The van der Waals surface area contributed by atoms with Crippen LogP contribution < -0.4 is 4.74 Å². The van der Waals surface area contributed by atoms with Crippen LogP contribution in [0.25, 0.3) is 0 Å². The number of rotatable bonds is 4. The van der Waals surface area contributed by atoms with Gasteiger partial charge in [-0.3, -0.25) is 14.3 Å². The van der Waals surface area contributed by atoms with Crippen molar-refractivity contribution in [2.24, 2.45) is 0 Å². The van der Waals surface area contributed by atoms with E-state index in [4.69, 9.17) is 4.74 Å². The Morgan fingerprint density at radius 2 is 1.73 bits per heavy atom. The average molecular weight is 356 g/mol. The van der Waals surface area contributed by atoms with Crippen LogP contribution in [0.4, 0.5) is 0 Å². The van der Waals surface area contributed by atoms with Gasteiger partial charge in [0.25, 0.3) is 11.8 Å². The maximum atomic E-state index is 12.7. The molecule has 2 heterocycles. The molecule has 1 saturated heterocycles. The molecule has 1 aliphatic rings. The fourth-order valence-electron chi connectivity index (χ4n) is 3.15. The van der Waals surface area contributed by atoms with Gasteiger partial charge in [-0.2, -0.15) is 5.10 Å². The third-order valence-electron chi connectivity index (χ3n) is 4.67. The van der Waals surface area contributed by atoms with Crippen LogP contribution in [0.5, 0.6) is 5.75 Å². The molecule has 0 atom stereocenters. The highest BCUT2D eigenvalue weighted by Crippen LogP contribution is 2.16. The molecule has 26 heavy (non-hydrogen) atoms. The second-order valence-corrected chi connectivity index (χ2v) is 6.30. The van der Waals surface area contributed by atoms with Crippen molar-refractivity contribution in [3.8, 4) is 5.75 Å². The Labute approximate surface area is 153 Å². The minimum Gasteiger partial charge on any atom is -0.497 e. The third-order valence-corrected chi connectivity index (χ3v) is 4.67. The van der Waals surface area contributed by atoms with Crippen LogP contribution in [0.1, 0.15) is 33.5 Å². The Bertz CT molecular complexity index is 807. The maximum Gasteiger partial charge on any atom is 0.274 e. The molecule has 0 bridgehead atoms. The van der Waals surface area contributed by atoms with E-state index in [1.807, 2.05) is 30.7 Å². The molecule has 1 aliphatic heterocycles. The predicted molar refractivity (Wildman–Crippen MR) is 97.4 cm³/mol. The third kappa shape index (κ3) is 3.56. The van der Waals surface area contributed by atoms with Gasteiger partial charge in [-0.25, -0.2) is 0 Å². The van der Waals surface area contributed by atoms with E-state index in [-0.39, 0.29) is 11.8 Å². The summed E-state index contributed by atoms with van der Waals surface area (Å²) < 4.78 is 6.99. The van der Waals surface area contributed by atoms with Gasteiger partial charge in [0.2, 0.25) is 0 Å². The lowest BCUT2D eigenvalue weighted by Gasteiger charge is -2.34. The summed E-state index contributed by atoms with van der Waals surface area (Å²) in [7, 11) is 1.58. The zero-order valence-corrected chi connectivity index (χ0v) is 15.4. The first-order valence-electron chi connectivity index (χ1n) is 8.80. The van der Waals surface area contributed by atoms with Gasteiger partial charge >= 0.3 is 0 Å². The molecule has 1 aromatic heterocycles. The van der Waals surface area contributed by atoms with E-state index in [0.29, 0.717) is 43.2 Å². The molecule has 0 spiro atoms. The van der Waals surface area contributed by atoms with Crippen molar-refractivity contribution in [2.75, 3.05) is 33.3 Å². The summed E-state index contributed by atoms with van der Waals surface area (Å²) in [6.45, 7) is 6.71. The van der Waals surface area contributed by atoms with Gasteiger partial charge in [-0.05, 0) is 38.1 Å². The molecule has 7 heteroatoms. The minimum absolute atomic E-state index is 0.0397. The summed E-state index contributed by atoms with van der Waals surface area (Å²) in [4.78, 5) is 28.8. The van der Waals surface area contributed by atoms with Crippen molar-refractivity contribution >= 4 is 11.8 Å². The van der Waals surface area contributed by atoms with Crippen LogP contribution in [-0.4, -0.2) is 64.7 Å². The lowest BCUT2D eigenvalue weighted by atomic mass is 10.1. The maximum absolute atomic E-state index is 12.7. The molecule has 0 aliphatic carbocycles. The van der Waals surface area contributed by atoms with E-state index in [1.165, 1.54) is 0 Å². The number of aryl methyl sites for hydroxylation is 2. The van der Waals surface area contributed by atoms with Crippen molar-refractivity contribution in [1.29, 1.82) is 0 Å². The van der Waals surface area contributed by atoms with Crippen LogP contribution in [0.2, 0.25) is 0 Å². The highest BCUT2D eigenvalue weighted by Gasteiger charge is 2.27. The Morgan fingerprint density at radius 3 is 2.31 bits per heavy atom. The normalized spacial score (nSPS) is 14.4. The molecule has 2 amide bonds. The molecule has 7 nitrogen and oxygen atoms in total. The first kappa shape index (κ1) is 18.0. The standard InChI is InChI=1S/C19H24N4O3/c1-4-23-14(2)12-17(20-23)19(25)22-10-8-21(9-11-22)18(24)15-6-5-7-16(13-15)26-3/h5-7,12-13H,4,8-11H2,1-3H3. The lowest BCUT2D eigenvalue weighted by molar-refractivity contribution is 0.0531. The highest BCUT2D eigenvalue weighted by atomic mass is 16.5. The number of benzene rings is 1. The first-order chi connectivity index (χ1) is 12.5. The molecule has 1 aromatic carbocycles. The second kappa shape index (κ2) is 7.59. The first-order valence-corrected chi connectivity index (χ1v) is 8.80. The van der Waals surface area contributed by atoms with Crippen LogP contribution in [0, 0.1) is 6.92 Å². The smallest absolute Gasteiger partial charge is 0.274 e. The number of methoxy groups -OCH3 is 1. The molecule has 3 rings (SSSR count). The van der Waals surface area contributed by atoms with Crippen LogP contribution in [0.15, 0.2) is 30.3 Å². The van der Waals surface area contributed by atoms with Crippen LogP contribution in [0.3, 0.4) is 0 Å². The van der Waals surface area contributed by atoms with E-state index in [9.17, 15) is 9.59 Å². The molecular formula is C19H24N4O3. The summed E-state index contributed by atoms with van der Waals surface area (Å²) in [5.74, 6) is 0.544. The Morgan fingerprint density at radius 1 is 1.08 bits per heavy atom. The largest absolute Gasteiger partial charge is 0.497 e. The van der Waals surface area contributed by atoms with Crippen molar-refractivity contribution in [2.45, 2.75) is 20.4 Å². The number of amides is 2. The lowest BCUT2D eigenvalue weighted by Crippen LogP contribution is -2.50. The molecule has 0 saturated carbocycles. The second-order valence-electron chi connectivity index (χ2n) is 6.30. The van der Waals surface area contributed by atoms with Gasteiger partial charge in [-0.1, -0.05) is 6.07 Å². The van der Waals surface area contributed by atoms with E-state index in [1.54, 1.807) is 35.1 Å². The number of carbonyl (C=O) groups is 2. The number of carbonyl (C=O) groups excluding carboxylic acids is 2. The topological polar surface area (TPSA) is 67.7 Å². The fourth-order valence-corrected chi connectivity index (χ4v) is 3.15. The van der Waals surface area contributed by atoms with E-state index in [0.717, 1.165) is 12.2 Å². The molecule has 2 aromatic rings. The van der Waals surface area contributed by atoms with E-state index >= 15 is 0 Å². The van der Waals surface area contributed by atoms with Crippen molar-refractivity contribution < 1.29 is 14.3 Å². The fraction of sp³-hybridized carbons (Fsp3) is 0.421. The highest BCUT2D eigenvalue weighted by molar-refractivity contribution is 5.95. The van der Waals surface area contributed by atoms with Crippen molar-refractivity contribution in [1.82, 2.24) is 19.6 Å². The van der Waals surface area contributed by atoms with Crippen LogP contribution in [-0.2, 0) is 6.54 Å². The zero-order chi connectivity index (χ0) is 18.7. The Balaban J connectivity index is 1.63. The van der Waals surface area contributed by atoms with Gasteiger partial charge in [0.1, 0.15) is 5.75 Å². The van der Waals surface area contributed by atoms with Gasteiger partial charge in [-0.15, -0.1) is 0 Å². The van der Waals surface area contributed by atoms with Crippen molar-refractivity contribution in [3.05, 3.63) is 47.3 Å². The summed E-state index contributed by atoms with van der Waals surface area (Å²) in [6, 6.07) is 8.95. The van der Waals surface area contributed by atoms with E-state index in [2.05, 4.69) is 5.10 Å². The summed E-state index contributed by atoms with van der Waals surface area (Å²) >= 11 is 0. The summed E-state index contributed by atoms with van der Waals surface area (Å²) in [6.07, 6.45) is 0.